The summed E-state index contributed by atoms with van der Waals surface area (Å²) in [5.41, 5.74) is 2.24. The van der Waals surface area contributed by atoms with Crippen LogP contribution in [0.1, 0.15) is 36.7 Å². The number of hydrogen-bond acceptors (Lipinski definition) is 3. The molecule has 5 heteroatoms. The van der Waals surface area contributed by atoms with Gasteiger partial charge in [0.15, 0.2) is 0 Å². The van der Waals surface area contributed by atoms with Gasteiger partial charge in [0, 0.05) is 25.4 Å². The van der Waals surface area contributed by atoms with Crippen LogP contribution in [0.4, 0.5) is 0 Å². The van der Waals surface area contributed by atoms with Gasteiger partial charge in [-0.05, 0) is 39.2 Å². The molecule has 0 aromatic carbocycles. The zero-order valence-corrected chi connectivity index (χ0v) is 12.3. The van der Waals surface area contributed by atoms with Crippen LogP contribution in [0, 0.1) is 19.8 Å². The van der Waals surface area contributed by atoms with E-state index in [0.29, 0.717) is 12.6 Å². The van der Waals surface area contributed by atoms with Gasteiger partial charge in [-0.2, -0.15) is 5.10 Å². The normalized spacial score (nSPS) is 27.0. The number of piperidine rings is 1. The largest absolute Gasteiger partial charge is 0.381 e. The van der Waals surface area contributed by atoms with Gasteiger partial charge in [-0.3, -0.25) is 9.48 Å². The summed E-state index contributed by atoms with van der Waals surface area (Å²) in [6.07, 6.45) is 3.04. The first-order chi connectivity index (χ1) is 9.65. The molecule has 5 nitrogen and oxygen atoms in total. The molecule has 0 aliphatic carbocycles. The molecule has 0 bridgehead atoms. The number of likely N-dealkylation sites (tertiary alicyclic amines) is 1. The second-order valence-electron chi connectivity index (χ2n) is 6.01. The Morgan fingerprint density at radius 2 is 2.25 bits per heavy atom. The monoisotopic (exact) mass is 277 g/mol. The van der Waals surface area contributed by atoms with Crippen LogP contribution >= 0.6 is 0 Å². The van der Waals surface area contributed by atoms with Crippen molar-refractivity contribution in [2.24, 2.45) is 5.92 Å². The van der Waals surface area contributed by atoms with Crippen LogP contribution in [0.2, 0.25) is 0 Å². The number of aromatic nitrogens is 2. The van der Waals surface area contributed by atoms with Crippen molar-refractivity contribution >= 4 is 5.91 Å². The van der Waals surface area contributed by atoms with Gasteiger partial charge in [-0.1, -0.05) is 0 Å². The van der Waals surface area contributed by atoms with Gasteiger partial charge < -0.3 is 9.64 Å². The van der Waals surface area contributed by atoms with E-state index in [2.05, 4.69) is 22.8 Å². The lowest BCUT2D eigenvalue weighted by Crippen LogP contribution is -2.44. The summed E-state index contributed by atoms with van der Waals surface area (Å²) < 4.78 is 7.44. The molecule has 1 aromatic heterocycles. The van der Waals surface area contributed by atoms with Crippen molar-refractivity contribution in [3.63, 3.8) is 0 Å². The molecule has 0 spiro atoms. The number of carbonyl (C=O) groups excluding carboxylic acids is 1. The van der Waals surface area contributed by atoms with Gasteiger partial charge in [0.2, 0.25) is 5.91 Å². The number of aryl methyl sites for hydroxylation is 2. The first kappa shape index (κ1) is 13.6. The van der Waals surface area contributed by atoms with Crippen LogP contribution in [0.25, 0.3) is 0 Å². The van der Waals surface area contributed by atoms with E-state index in [1.165, 1.54) is 5.69 Å². The lowest BCUT2D eigenvalue weighted by atomic mass is 10.0. The maximum Gasteiger partial charge on any atom is 0.228 e. The topological polar surface area (TPSA) is 47.4 Å². The number of rotatable bonds is 2. The average molecular weight is 277 g/mol. The van der Waals surface area contributed by atoms with Crippen molar-refractivity contribution < 1.29 is 9.53 Å². The van der Waals surface area contributed by atoms with E-state index in [0.717, 1.165) is 44.7 Å². The molecule has 3 rings (SSSR count). The highest BCUT2D eigenvalue weighted by molar-refractivity contribution is 5.79. The summed E-state index contributed by atoms with van der Waals surface area (Å²) >= 11 is 0. The Morgan fingerprint density at radius 1 is 1.40 bits per heavy atom. The Balaban J connectivity index is 1.70. The second-order valence-corrected chi connectivity index (χ2v) is 6.01. The highest BCUT2D eigenvalue weighted by Crippen LogP contribution is 2.25. The molecule has 0 unspecified atom stereocenters. The van der Waals surface area contributed by atoms with E-state index in [1.807, 2.05) is 11.8 Å². The van der Waals surface area contributed by atoms with E-state index in [4.69, 9.17) is 4.74 Å². The number of amides is 1. The molecule has 2 aliphatic rings. The molecular weight excluding hydrogens is 254 g/mol. The third-order valence-electron chi connectivity index (χ3n) is 4.38. The predicted octanol–water partition coefficient (Wildman–Crippen LogP) is 1.70. The molecule has 2 fully saturated rings. The lowest BCUT2D eigenvalue weighted by molar-refractivity contribution is -0.137. The predicted molar refractivity (Wildman–Crippen MR) is 75.5 cm³/mol. The molecule has 1 amide bonds. The van der Waals surface area contributed by atoms with Crippen LogP contribution in [-0.2, 0) is 9.53 Å². The molecule has 2 saturated heterocycles. The summed E-state index contributed by atoms with van der Waals surface area (Å²) in [5.74, 6) is 0.350. The second kappa shape index (κ2) is 5.56. The molecule has 0 radical (unpaired) electrons. The van der Waals surface area contributed by atoms with E-state index >= 15 is 0 Å². The molecule has 0 saturated carbocycles. The Bertz CT molecular complexity index is 491. The van der Waals surface area contributed by atoms with Crippen molar-refractivity contribution in [2.75, 3.05) is 26.3 Å². The molecule has 2 aliphatic heterocycles. The van der Waals surface area contributed by atoms with Gasteiger partial charge in [-0.15, -0.1) is 0 Å². The molecule has 20 heavy (non-hydrogen) atoms. The van der Waals surface area contributed by atoms with Gasteiger partial charge in [0.05, 0.1) is 24.3 Å². The van der Waals surface area contributed by atoms with E-state index in [-0.39, 0.29) is 11.8 Å². The van der Waals surface area contributed by atoms with E-state index in [1.54, 1.807) is 0 Å². The maximum absolute atomic E-state index is 12.5. The highest BCUT2D eigenvalue weighted by atomic mass is 16.5. The third-order valence-corrected chi connectivity index (χ3v) is 4.38. The molecule has 3 heterocycles. The summed E-state index contributed by atoms with van der Waals surface area (Å²) in [4.78, 5) is 14.5. The fourth-order valence-electron chi connectivity index (χ4n) is 3.36. The third kappa shape index (κ3) is 2.59. The average Bonchev–Trinajstić information content (AvgIpc) is 3.08. The first-order valence-corrected chi connectivity index (χ1v) is 7.54. The fraction of sp³-hybridized carbons (Fsp3) is 0.733. The van der Waals surface area contributed by atoms with Gasteiger partial charge >= 0.3 is 0 Å². The smallest absolute Gasteiger partial charge is 0.228 e. The number of carbonyl (C=O) groups is 1. The van der Waals surface area contributed by atoms with E-state index in [9.17, 15) is 4.79 Å². The minimum Gasteiger partial charge on any atom is -0.381 e. The SMILES string of the molecule is Cc1cc(C)n([C@@H]2CCCN(C(=O)[C@H]3CCOC3)C2)n1. The van der Waals surface area contributed by atoms with Gasteiger partial charge in [0.25, 0.3) is 0 Å². The number of nitrogens with zero attached hydrogens (tertiary/aromatic N) is 3. The molecule has 2 atom stereocenters. The quantitative estimate of drug-likeness (QED) is 0.826. The van der Waals surface area contributed by atoms with E-state index < -0.39 is 0 Å². The zero-order chi connectivity index (χ0) is 14.1. The van der Waals surface area contributed by atoms with Crippen molar-refractivity contribution in [2.45, 2.75) is 39.2 Å². The van der Waals surface area contributed by atoms with Crippen molar-refractivity contribution in [1.29, 1.82) is 0 Å². The summed E-state index contributed by atoms with van der Waals surface area (Å²) in [7, 11) is 0. The number of ether oxygens (including phenoxy) is 1. The molecule has 0 N–H and O–H groups in total. The summed E-state index contributed by atoms with van der Waals surface area (Å²) in [6, 6.07) is 2.43. The Kier molecular flexibility index (Phi) is 3.78. The van der Waals surface area contributed by atoms with Crippen molar-refractivity contribution in [1.82, 2.24) is 14.7 Å². The lowest BCUT2D eigenvalue weighted by Gasteiger charge is -2.34. The zero-order valence-electron chi connectivity index (χ0n) is 12.3. The Labute approximate surface area is 119 Å². The summed E-state index contributed by atoms with van der Waals surface area (Å²) in [6.45, 7) is 7.10. The van der Waals surface area contributed by atoms with Crippen molar-refractivity contribution in [3.05, 3.63) is 17.5 Å². The number of hydrogen-bond donors (Lipinski definition) is 0. The van der Waals surface area contributed by atoms with Crippen LogP contribution in [0.5, 0.6) is 0 Å². The summed E-state index contributed by atoms with van der Waals surface area (Å²) in [5, 5.41) is 4.58. The van der Waals surface area contributed by atoms with Crippen LogP contribution < -0.4 is 0 Å². The van der Waals surface area contributed by atoms with Crippen LogP contribution in [0.15, 0.2) is 6.07 Å². The standard InChI is InChI=1S/C15H23N3O2/c1-11-8-12(2)18(16-11)14-4-3-6-17(9-14)15(19)13-5-7-20-10-13/h8,13-14H,3-7,9-10H2,1-2H3/t13-,14+/m0/s1. The van der Waals surface area contributed by atoms with Crippen LogP contribution in [0.3, 0.4) is 0 Å². The molecule has 110 valence electrons. The van der Waals surface area contributed by atoms with Crippen molar-refractivity contribution in [3.8, 4) is 0 Å². The molecule has 1 aromatic rings. The minimum absolute atomic E-state index is 0.0780. The Morgan fingerprint density at radius 3 is 2.90 bits per heavy atom. The highest BCUT2D eigenvalue weighted by Gasteiger charge is 2.32. The Hall–Kier alpha value is -1.36. The minimum atomic E-state index is 0.0780. The fourth-order valence-corrected chi connectivity index (χ4v) is 3.36. The van der Waals surface area contributed by atoms with Crippen LogP contribution in [-0.4, -0.2) is 46.9 Å². The molecular formula is C15H23N3O2. The van der Waals surface area contributed by atoms with Gasteiger partial charge in [0.1, 0.15) is 0 Å². The van der Waals surface area contributed by atoms with Gasteiger partial charge in [-0.25, -0.2) is 0 Å². The maximum atomic E-state index is 12.5. The first-order valence-electron chi connectivity index (χ1n) is 7.54.